The lowest BCUT2D eigenvalue weighted by atomic mass is 9.99. The van der Waals surface area contributed by atoms with Gasteiger partial charge in [0.15, 0.2) is 0 Å². The molecule has 0 fully saturated rings. The van der Waals surface area contributed by atoms with Crippen molar-refractivity contribution < 1.29 is 0 Å². The first-order valence-electron chi connectivity index (χ1n) is 5.47. The molecule has 0 aliphatic carbocycles. The van der Waals surface area contributed by atoms with Crippen molar-refractivity contribution in [3.63, 3.8) is 0 Å². The molecule has 0 saturated carbocycles. The van der Waals surface area contributed by atoms with Crippen molar-refractivity contribution in [3.8, 4) is 0 Å². The highest BCUT2D eigenvalue weighted by atomic mass is 15.2. The third-order valence-electron chi connectivity index (χ3n) is 3.40. The van der Waals surface area contributed by atoms with Crippen LogP contribution in [0.15, 0.2) is 12.1 Å². The van der Waals surface area contributed by atoms with E-state index in [1.54, 1.807) is 16.8 Å². The van der Waals surface area contributed by atoms with Gasteiger partial charge in [-0.15, -0.1) is 0 Å². The molecular weight excluding hydrogens is 172 g/mol. The summed E-state index contributed by atoms with van der Waals surface area (Å²) < 4.78 is 0. The average molecular weight is 188 g/mol. The Hall–Kier alpha value is -1.18. The van der Waals surface area contributed by atoms with Crippen molar-refractivity contribution in [2.24, 2.45) is 0 Å². The Morgan fingerprint density at radius 3 is 2.71 bits per heavy atom. The molecule has 0 aromatic heterocycles. The van der Waals surface area contributed by atoms with Crippen LogP contribution in [-0.4, -0.2) is 20.1 Å². The highest BCUT2D eigenvalue weighted by Crippen LogP contribution is 2.37. The second kappa shape index (κ2) is 2.91. The van der Waals surface area contributed by atoms with Gasteiger partial charge in [-0.2, -0.15) is 0 Å². The third kappa shape index (κ3) is 1.03. The third-order valence-corrected chi connectivity index (χ3v) is 3.40. The summed E-state index contributed by atoms with van der Waals surface area (Å²) in [6.07, 6.45) is 3.81. The minimum Gasteiger partial charge on any atom is -0.388 e. The Labute approximate surface area is 84.9 Å². The molecule has 0 amide bonds. The molecule has 1 aromatic rings. The van der Waals surface area contributed by atoms with Crippen LogP contribution in [0.3, 0.4) is 0 Å². The van der Waals surface area contributed by atoms with Gasteiger partial charge in [-0.05, 0) is 42.5 Å². The van der Waals surface area contributed by atoms with Gasteiger partial charge in [0.1, 0.15) is 0 Å². The van der Waals surface area contributed by atoms with Gasteiger partial charge in [0.2, 0.25) is 0 Å². The topological polar surface area (TPSA) is 15.3 Å². The van der Waals surface area contributed by atoms with E-state index < -0.39 is 0 Å². The zero-order chi connectivity index (χ0) is 9.54. The highest BCUT2D eigenvalue weighted by molar-refractivity contribution is 5.70. The first kappa shape index (κ1) is 8.16. The van der Waals surface area contributed by atoms with Gasteiger partial charge < -0.3 is 10.2 Å². The minimum atomic E-state index is 1.23. The number of hydrogen-bond donors (Lipinski definition) is 1. The van der Waals surface area contributed by atoms with E-state index in [0.717, 1.165) is 0 Å². The van der Waals surface area contributed by atoms with E-state index in [9.17, 15) is 0 Å². The molecule has 0 saturated heterocycles. The van der Waals surface area contributed by atoms with E-state index in [0.29, 0.717) is 0 Å². The van der Waals surface area contributed by atoms with Gasteiger partial charge >= 0.3 is 0 Å². The summed E-state index contributed by atoms with van der Waals surface area (Å²) in [6, 6.07) is 4.63. The zero-order valence-corrected chi connectivity index (χ0v) is 8.64. The Kier molecular flexibility index (Phi) is 1.69. The molecule has 2 aliphatic heterocycles. The summed E-state index contributed by atoms with van der Waals surface area (Å²) in [7, 11) is 2.00. The molecular formula is C12H16N2. The molecule has 0 spiro atoms. The number of aryl methyl sites for hydroxylation is 1. The number of hydrogen-bond acceptors (Lipinski definition) is 2. The Bertz CT molecular complexity index is 371. The molecule has 0 unspecified atom stereocenters. The lowest BCUT2D eigenvalue weighted by Crippen LogP contribution is -2.26. The van der Waals surface area contributed by atoms with Gasteiger partial charge in [-0.1, -0.05) is 0 Å². The zero-order valence-electron chi connectivity index (χ0n) is 8.64. The van der Waals surface area contributed by atoms with Crippen LogP contribution < -0.4 is 10.2 Å². The molecule has 1 aromatic carbocycles. The summed E-state index contributed by atoms with van der Waals surface area (Å²) in [5, 5.41) is 3.25. The fourth-order valence-electron chi connectivity index (χ4n) is 2.74. The largest absolute Gasteiger partial charge is 0.388 e. The fraction of sp³-hybridized carbons (Fsp3) is 0.500. The molecule has 2 nitrogen and oxygen atoms in total. The molecule has 1 N–H and O–H groups in total. The van der Waals surface area contributed by atoms with Gasteiger partial charge in [0, 0.05) is 31.5 Å². The molecule has 3 rings (SSSR count). The second-order valence-electron chi connectivity index (χ2n) is 4.23. The first-order chi connectivity index (χ1) is 6.88. The number of benzene rings is 1. The van der Waals surface area contributed by atoms with E-state index >= 15 is 0 Å². The normalized spacial score (nSPS) is 18.2. The van der Waals surface area contributed by atoms with Crippen LogP contribution in [-0.2, 0) is 12.8 Å². The molecule has 0 bridgehead atoms. The van der Waals surface area contributed by atoms with Crippen molar-refractivity contribution in [1.82, 2.24) is 0 Å². The van der Waals surface area contributed by atoms with Crippen molar-refractivity contribution >= 4 is 11.4 Å². The maximum atomic E-state index is 3.25. The predicted molar refractivity (Wildman–Crippen MR) is 60.2 cm³/mol. The van der Waals surface area contributed by atoms with Crippen molar-refractivity contribution in [2.45, 2.75) is 19.3 Å². The maximum Gasteiger partial charge on any atom is 0.0433 e. The van der Waals surface area contributed by atoms with E-state index in [2.05, 4.69) is 22.3 Å². The Morgan fingerprint density at radius 2 is 1.93 bits per heavy atom. The summed E-state index contributed by atoms with van der Waals surface area (Å²) in [5.74, 6) is 0. The van der Waals surface area contributed by atoms with Crippen LogP contribution in [0.4, 0.5) is 11.4 Å². The Morgan fingerprint density at radius 1 is 1.14 bits per heavy atom. The quantitative estimate of drug-likeness (QED) is 0.725. The monoisotopic (exact) mass is 188 g/mol. The number of rotatable bonds is 1. The standard InChI is InChI=1S/C12H16N2/c1-13-11-7-9-3-2-5-14-6-4-10(8-11)12(9)14/h7-8,13H,2-6H2,1H3. The first-order valence-corrected chi connectivity index (χ1v) is 5.47. The molecule has 74 valence electrons. The van der Waals surface area contributed by atoms with Crippen LogP contribution in [0.5, 0.6) is 0 Å². The van der Waals surface area contributed by atoms with E-state index in [4.69, 9.17) is 0 Å². The summed E-state index contributed by atoms with van der Waals surface area (Å²) >= 11 is 0. The lowest BCUT2D eigenvalue weighted by Gasteiger charge is -2.27. The van der Waals surface area contributed by atoms with Gasteiger partial charge in [-0.3, -0.25) is 0 Å². The minimum absolute atomic E-state index is 1.23. The van der Waals surface area contributed by atoms with Crippen LogP contribution >= 0.6 is 0 Å². The van der Waals surface area contributed by atoms with Crippen molar-refractivity contribution in [2.75, 3.05) is 30.4 Å². The van der Waals surface area contributed by atoms with Crippen LogP contribution in [0.1, 0.15) is 17.5 Å². The lowest BCUT2D eigenvalue weighted by molar-refractivity contribution is 0.719. The molecule has 0 atom stereocenters. The van der Waals surface area contributed by atoms with E-state index in [1.165, 1.54) is 38.0 Å². The molecule has 2 heterocycles. The molecule has 2 aliphatic rings. The van der Waals surface area contributed by atoms with Crippen LogP contribution in [0, 0.1) is 0 Å². The molecule has 0 radical (unpaired) electrons. The van der Waals surface area contributed by atoms with Crippen LogP contribution in [0.25, 0.3) is 0 Å². The fourth-order valence-corrected chi connectivity index (χ4v) is 2.74. The SMILES string of the molecule is CNc1cc2c3c(c1)CCN3CCC2. The van der Waals surface area contributed by atoms with E-state index in [1.807, 2.05) is 7.05 Å². The Balaban J connectivity index is 2.16. The van der Waals surface area contributed by atoms with Crippen molar-refractivity contribution in [3.05, 3.63) is 23.3 Å². The average Bonchev–Trinajstić information content (AvgIpc) is 2.64. The summed E-state index contributed by atoms with van der Waals surface area (Å²) in [4.78, 5) is 2.55. The number of nitrogens with zero attached hydrogens (tertiary/aromatic N) is 1. The van der Waals surface area contributed by atoms with Crippen molar-refractivity contribution in [1.29, 1.82) is 0 Å². The maximum absolute atomic E-state index is 3.25. The summed E-state index contributed by atoms with van der Waals surface area (Å²) in [5.41, 5.74) is 5.93. The smallest absolute Gasteiger partial charge is 0.0433 e. The molecule has 14 heavy (non-hydrogen) atoms. The number of anilines is 2. The molecule has 2 heteroatoms. The van der Waals surface area contributed by atoms with Gasteiger partial charge in [-0.25, -0.2) is 0 Å². The van der Waals surface area contributed by atoms with E-state index in [-0.39, 0.29) is 0 Å². The predicted octanol–water partition coefficient (Wildman–Crippen LogP) is 2.04. The van der Waals surface area contributed by atoms with Gasteiger partial charge in [0.05, 0.1) is 0 Å². The number of nitrogens with one attached hydrogen (secondary N) is 1. The highest BCUT2D eigenvalue weighted by Gasteiger charge is 2.25. The second-order valence-corrected chi connectivity index (χ2v) is 4.23. The summed E-state index contributed by atoms with van der Waals surface area (Å²) in [6.45, 7) is 2.49. The van der Waals surface area contributed by atoms with Gasteiger partial charge in [0.25, 0.3) is 0 Å². The van der Waals surface area contributed by atoms with Crippen LogP contribution in [0.2, 0.25) is 0 Å².